The number of phenolic OH excluding ortho intramolecular Hbond substituents is 1. The average Bonchev–Trinajstić information content (AvgIpc) is 3.05. The summed E-state index contributed by atoms with van der Waals surface area (Å²) in [6.45, 7) is 0. The standard InChI is InChI=1S/C11H7NO.C6H4/c1-2-9-4-3-8-7-10(13)5-6-11(8)12-9;1-2-5-4-6(5)3-1/h1,3-7,13H;1-4H. The third-order valence-corrected chi connectivity index (χ3v) is 2.93. The highest BCUT2D eigenvalue weighted by molar-refractivity contribution is 5.81. The number of pyridine rings is 1. The largest absolute Gasteiger partial charge is 0.508 e. The van der Waals surface area contributed by atoms with E-state index in [1.807, 2.05) is 6.07 Å². The summed E-state index contributed by atoms with van der Waals surface area (Å²) in [6, 6.07) is 17.1. The number of rotatable bonds is 0. The van der Waals surface area contributed by atoms with E-state index < -0.39 is 0 Å². The Labute approximate surface area is 111 Å². The fourth-order valence-corrected chi connectivity index (χ4v) is 1.87. The first-order chi connectivity index (χ1) is 9.26. The molecule has 2 heteroatoms. The summed E-state index contributed by atoms with van der Waals surface area (Å²) >= 11 is 0. The molecule has 0 spiro atoms. The van der Waals surface area contributed by atoms with E-state index in [4.69, 9.17) is 6.42 Å². The fourth-order valence-electron chi connectivity index (χ4n) is 1.87. The van der Waals surface area contributed by atoms with Crippen molar-refractivity contribution in [2.24, 2.45) is 0 Å². The maximum atomic E-state index is 9.19. The number of terminal acetylenes is 1. The van der Waals surface area contributed by atoms with Crippen LogP contribution in [0.3, 0.4) is 0 Å². The molecule has 90 valence electrons. The van der Waals surface area contributed by atoms with Crippen molar-refractivity contribution < 1.29 is 5.11 Å². The lowest BCUT2D eigenvalue weighted by Crippen LogP contribution is -1.83. The molecule has 0 saturated heterocycles. The van der Waals surface area contributed by atoms with Gasteiger partial charge >= 0.3 is 0 Å². The monoisotopic (exact) mass is 245 g/mol. The molecule has 4 rings (SSSR count). The summed E-state index contributed by atoms with van der Waals surface area (Å²) in [7, 11) is 0. The molecule has 2 aliphatic carbocycles. The van der Waals surface area contributed by atoms with Crippen molar-refractivity contribution in [1.29, 1.82) is 0 Å². The molecule has 2 aliphatic rings. The molecule has 1 N–H and O–H groups in total. The van der Waals surface area contributed by atoms with E-state index in [2.05, 4.69) is 35.2 Å². The van der Waals surface area contributed by atoms with Crippen molar-refractivity contribution in [3.8, 4) is 29.2 Å². The van der Waals surface area contributed by atoms with E-state index in [0.717, 1.165) is 10.9 Å². The van der Waals surface area contributed by atoms with Gasteiger partial charge in [-0.15, -0.1) is 6.42 Å². The summed E-state index contributed by atoms with van der Waals surface area (Å²) < 4.78 is 0. The van der Waals surface area contributed by atoms with Crippen LogP contribution in [0.25, 0.3) is 22.0 Å². The van der Waals surface area contributed by atoms with Crippen molar-refractivity contribution in [2.45, 2.75) is 0 Å². The number of phenols is 1. The Bertz CT molecular complexity index is 782. The zero-order chi connectivity index (χ0) is 13.2. The molecule has 0 saturated carbocycles. The topological polar surface area (TPSA) is 33.1 Å². The predicted octanol–water partition coefficient (Wildman–Crippen LogP) is 3.59. The summed E-state index contributed by atoms with van der Waals surface area (Å²) in [6.07, 6.45) is 5.21. The Kier molecular flexibility index (Phi) is 2.66. The first-order valence-corrected chi connectivity index (χ1v) is 5.93. The second kappa shape index (κ2) is 4.47. The van der Waals surface area contributed by atoms with E-state index in [1.54, 1.807) is 24.3 Å². The summed E-state index contributed by atoms with van der Waals surface area (Å²) in [5, 5.41) is 10.1. The molecule has 0 radical (unpaired) electrons. The molecule has 0 bridgehead atoms. The number of hydrogen-bond acceptors (Lipinski definition) is 2. The second-order valence-corrected chi connectivity index (χ2v) is 4.30. The van der Waals surface area contributed by atoms with E-state index in [1.165, 1.54) is 11.1 Å². The zero-order valence-corrected chi connectivity index (χ0v) is 10.2. The Hall–Kier alpha value is -2.79. The highest BCUT2D eigenvalue weighted by Crippen LogP contribution is 2.32. The smallest absolute Gasteiger partial charge is 0.116 e. The lowest BCUT2D eigenvalue weighted by Gasteiger charge is -1.97. The molecule has 2 aromatic rings. The van der Waals surface area contributed by atoms with Gasteiger partial charge in [-0.1, -0.05) is 24.1 Å². The summed E-state index contributed by atoms with van der Waals surface area (Å²) in [4.78, 5) is 4.19. The van der Waals surface area contributed by atoms with Gasteiger partial charge in [0.05, 0.1) is 5.52 Å². The van der Waals surface area contributed by atoms with Gasteiger partial charge in [0, 0.05) is 5.39 Å². The van der Waals surface area contributed by atoms with E-state index >= 15 is 0 Å². The second-order valence-electron chi connectivity index (χ2n) is 4.30. The number of nitrogens with zero attached hydrogens (tertiary/aromatic N) is 1. The highest BCUT2D eigenvalue weighted by atomic mass is 16.3. The van der Waals surface area contributed by atoms with Gasteiger partial charge in [-0.25, -0.2) is 4.98 Å². The number of hydrogen-bond donors (Lipinski definition) is 1. The van der Waals surface area contributed by atoms with Crippen LogP contribution in [0.1, 0.15) is 5.69 Å². The van der Waals surface area contributed by atoms with Crippen molar-refractivity contribution in [1.82, 2.24) is 4.98 Å². The summed E-state index contributed by atoms with van der Waals surface area (Å²) in [5.41, 5.74) is 4.26. The van der Waals surface area contributed by atoms with Crippen molar-refractivity contribution >= 4 is 10.9 Å². The van der Waals surface area contributed by atoms with Crippen LogP contribution in [-0.2, 0) is 0 Å². The van der Waals surface area contributed by atoms with Gasteiger partial charge in [-0.2, -0.15) is 0 Å². The van der Waals surface area contributed by atoms with E-state index in [9.17, 15) is 5.11 Å². The van der Waals surface area contributed by atoms with E-state index in [-0.39, 0.29) is 5.75 Å². The molecule has 0 fully saturated rings. The summed E-state index contributed by atoms with van der Waals surface area (Å²) in [5.74, 6) is 2.70. The first kappa shape index (κ1) is 11.3. The quantitative estimate of drug-likeness (QED) is 0.480. The third-order valence-electron chi connectivity index (χ3n) is 2.93. The van der Waals surface area contributed by atoms with Crippen LogP contribution in [-0.4, -0.2) is 10.1 Å². The van der Waals surface area contributed by atoms with Crippen LogP contribution in [0.15, 0.2) is 54.6 Å². The molecule has 0 amide bonds. The molecule has 1 heterocycles. The normalized spacial score (nSPS) is 10.3. The third kappa shape index (κ3) is 2.41. The Morgan fingerprint density at radius 2 is 1.74 bits per heavy atom. The Morgan fingerprint density at radius 1 is 0.947 bits per heavy atom. The Balaban J connectivity index is 0.000000151. The lowest BCUT2D eigenvalue weighted by atomic mass is 10.2. The van der Waals surface area contributed by atoms with Crippen LogP contribution < -0.4 is 0 Å². The van der Waals surface area contributed by atoms with Gasteiger partial charge in [-0.05, 0) is 47.5 Å². The van der Waals surface area contributed by atoms with Gasteiger partial charge in [0.15, 0.2) is 0 Å². The number of fused-ring (bicyclic) bond motifs is 2. The minimum absolute atomic E-state index is 0.239. The van der Waals surface area contributed by atoms with Gasteiger partial charge in [0.25, 0.3) is 0 Å². The molecule has 2 nitrogen and oxygen atoms in total. The van der Waals surface area contributed by atoms with Gasteiger partial charge in [0.1, 0.15) is 11.4 Å². The van der Waals surface area contributed by atoms with Crippen molar-refractivity contribution in [3.63, 3.8) is 0 Å². The van der Waals surface area contributed by atoms with Crippen molar-refractivity contribution in [2.75, 3.05) is 0 Å². The minimum Gasteiger partial charge on any atom is -0.508 e. The van der Waals surface area contributed by atoms with Crippen LogP contribution >= 0.6 is 0 Å². The van der Waals surface area contributed by atoms with Crippen LogP contribution in [0.4, 0.5) is 0 Å². The fraction of sp³-hybridized carbons (Fsp3) is 0. The first-order valence-electron chi connectivity index (χ1n) is 5.93. The predicted molar refractivity (Wildman–Crippen MR) is 76.8 cm³/mol. The molecule has 0 unspecified atom stereocenters. The molecular weight excluding hydrogens is 234 g/mol. The number of aromatic hydroxyl groups is 1. The maximum absolute atomic E-state index is 9.19. The molecule has 1 aromatic carbocycles. The van der Waals surface area contributed by atoms with Crippen LogP contribution in [0.5, 0.6) is 5.75 Å². The maximum Gasteiger partial charge on any atom is 0.116 e. The molecule has 0 atom stereocenters. The SMILES string of the molecule is C#Cc1ccc2cc(O)ccc2n1.c1cc2cc-2c1. The Morgan fingerprint density at radius 3 is 2.32 bits per heavy atom. The molecule has 1 aromatic heterocycles. The minimum atomic E-state index is 0.239. The zero-order valence-electron chi connectivity index (χ0n) is 10.2. The average molecular weight is 245 g/mol. The number of aromatic nitrogens is 1. The molecular formula is C17H11NO. The van der Waals surface area contributed by atoms with Crippen LogP contribution in [0.2, 0.25) is 0 Å². The highest BCUT2D eigenvalue weighted by Gasteiger charge is 2.06. The number of benzene rings is 2. The van der Waals surface area contributed by atoms with Crippen molar-refractivity contribution in [3.05, 3.63) is 60.3 Å². The molecule has 19 heavy (non-hydrogen) atoms. The van der Waals surface area contributed by atoms with Gasteiger partial charge in [-0.3, -0.25) is 0 Å². The molecule has 0 aliphatic heterocycles. The lowest BCUT2D eigenvalue weighted by molar-refractivity contribution is 0.476. The van der Waals surface area contributed by atoms with E-state index in [0.29, 0.717) is 5.69 Å². The van der Waals surface area contributed by atoms with Gasteiger partial charge in [0.2, 0.25) is 0 Å². The van der Waals surface area contributed by atoms with Crippen LogP contribution in [0, 0.1) is 12.3 Å². The van der Waals surface area contributed by atoms with Gasteiger partial charge < -0.3 is 5.11 Å².